The van der Waals surface area contributed by atoms with Crippen LogP contribution in [0.1, 0.15) is 75.3 Å². The lowest BCUT2D eigenvalue weighted by Crippen LogP contribution is -2.36. The smallest absolute Gasteiger partial charge is 0.327 e. The van der Waals surface area contributed by atoms with Crippen LogP contribution in [0.15, 0.2) is 60.6 Å². The summed E-state index contributed by atoms with van der Waals surface area (Å²) in [6.07, 6.45) is 23.8. The Morgan fingerprint density at radius 1 is 0.848 bits per heavy atom. The highest BCUT2D eigenvalue weighted by Crippen LogP contribution is 2.54. The second-order valence-corrected chi connectivity index (χ2v) is 10.4. The molecule has 6 rings (SSSR count). The minimum atomic E-state index is 0.125. The molecule has 0 aromatic carbocycles. The zero-order valence-corrected chi connectivity index (χ0v) is 20.1. The second-order valence-electron chi connectivity index (χ2n) is 10.4. The van der Waals surface area contributed by atoms with E-state index in [4.69, 9.17) is 9.97 Å². The van der Waals surface area contributed by atoms with Gasteiger partial charge in [0.2, 0.25) is 0 Å². The molecule has 4 heteroatoms. The van der Waals surface area contributed by atoms with Crippen molar-refractivity contribution in [1.82, 2.24) is 9.97 Å². The van der Waals surface area contributed by atoms with Crippen molar-refractivity contribution in [1.29, 1.82) is 0 Å². The van der Waals surface area contributed by atoms with Crippen LogP contribution in [-0.2, 0) is 10.8 Å². The predicted octanol–water partition coefficient (Wildman–Crippen LogP) is 6.20. The Balaban J connectivity index is 1.41. The van der Waals surface area contributed by atoms with Crippen LogP contribution in [0.5, 0.6) is 0 Å². The van der Waals surface area contributed by atoms with Crippen LogP contribution < -0.4 is 4.90 Å². The maximum atomic E-state index is 4.77. The lowest BCUT2D eigenvalue weighted by Gasteiger charge is -2.36. The van der Waals surface area contributed by atoms with E-state index in [1.165, 1.54) is 86.7 Å². The Morgan fingerprint density at radius 3 is 2.21 bits per heavy atom. The molecule has 0 radical (unpaired) electrons. The third kappa shape index (κ3) is 2.99. The van der Waals surface area contributed by atoms with Crippen LogP contribution in [0.4, 0.5) is 11.6 Å². The minimum Gasteiger partial charge on any atom is -0.332 e. The molecule has 2 aliphatic carbocycles. The van der Waals surface area contributed by atoms with E-state index in [9.17, 15) is 0 Å². The maximum Gasteiger partial charge on any atom is 0.327 e. The van der Waals surface area contributed by atoms with Crippen molar-refractivity contribution < 1.29 is 4.58 Å². The molecule has 2 fully saturated rings. The van der Waals surface area contributed by atoms with E-state index in [-0.39, 0.29) is 10.8 Å². The number of nitrogens with zero attached hydrogens (tertiary/aromatic N) is 4. The van der Waals surface area contributed by atoms with E-state index in [1.807, 2.05) is 12.4 Å². The Bertz CT molecular complexity index is 1160. The van der Waals surface area contributed by atoms with Crippen molar-refractivity contribution in [3.63, 3.8) is 0 Å². The fraction of sp³-hybridized carbons (Fsp3) is 0.483. The van der Waals surface area contributed by atoms with Gasteiger partial charge in [-0.3, -0.25) is 0 Å². The van der Waals surface area contributed by atoms with E-state index >= 15 is 0 Å². The van der Waals surface area contributed by atoms with Crippen molar-refractivity contribution in [2.45, 2.75) is 75.0 Å². The first-order valence-corrected chi connectivity index (χ1v) is 12.8. The number of aromatic nitrogens is 2. The number of fused-ring (bicyclic) bond motifs is 4. The molecule has 4 heterocycles. The highest BCUT2D eigenvalue weighted by atomic mass is 15.2. The summed E-state index contributed by atoms with van der Waals surface area (Å²) in [5.74, 6) is 2.29. The van der Waals surface area contributed by atoms with Crippen LogP contribution in [0.2, 0.25) is 0 Å². The third-order valence-electron chi connectivity index (χ3n) is 8.87. The summed E-state index contributed by atoms with van der Waals surface area (Å²) < 4.78 is 2.35. The molecule has 2 saturated carbocycles. The Hall–Kier alpha value is -2.75. The predicted molar refractivity (Wildman–Crippen MR) is 134 cm³/mol. The molecule has 2 aromatic heterocycles. The van der Waals surface area contributed by atoms with Gasteiger partial charge < -0.3 is 4.90 Å². The molecule has 4 nitrogen and oxygen atoms in total. The zero-order chi connectivity index (χ0) is 22.5. The first-order valence-electron chi connectivity index (χ1n) is 12.8. The maximum absolute atomic E-state index is 4.77. The molecule has 33 heavy (non-hydrogen) atoms. The van der Waals surface area contributed by atoms with Crippen molar-refractivity contribution in [3.8, 4) is 0 Å². The van der Waals surface area contributed by atoms with E-state index in [0.717, 1.165) is 11.6 Å². The summed E-state index contributed by atoms with van der Waals surface area (Å²) in [5, 5.41) is 0. The summed E-state index contributed by atoms with van der Waals surface area (Å²) in [5.41, 5.74) is 5.94. The largest absolute Gasteiger partial charge is 0.332 e. The fourth-order valence-corrected chi connectivity index (χ4v) is 7.36. The zero-order valence-electron chi connectivity index (χ0n) is 20.1. The molecule has 2 aliphatic heterocycles. The topological polar surface area (TPSA) is 32.0 Å². The van der Waals surface area contributed by atoms with Gasteiger partial charge >= 0.3 is 5.82 Å². The van der Waals surface area contributed by atoms with Crippen LogP contribution in [0.25, 0.3) is 0 Å². The second kappa shape index (κ2) is 7.93. The van der Waals surface area contributed by atoms with Crippen LogP contribution in [-0.4, -0.2) is 34.4 Å². The fourth-order valence-electron chi connectivity index (χ4n) is 7.36. The molecule has 0 saturated heterocycles. The highest BCUT2D eigenvalue weighted by Gasteiger charge is 2.50. The number of anilines is 1. The molecular weight excluding hydrogens is 404 g/mol. The average Bonchev–Trinajstić information content (AvgIpc) is 3.22. The monoisotopic (exact) mass is 439 g/mol. The van der Waals surface area contributed by atoms with E-state index in [1.54, 1.807) is 0 Å². The van der Waals surface area contributed by atoms with Crippen molar-refractivity contribution >= 4 is 17.3 Å². The number of allylic oxidation sites excluding steroid dienone is 4. The van der Waals surface area contributed by atoms with Crippen molar-refractivity contribution in [3.05, 3.63) is 71.7 Å². The number of likely N-dealkylation sites (N-methyl/N-ethyl adjacent to an activating group) is 1. The summed E-state index contributed by atoms with van der Waals surface area (Å²) >= 11 is 0. The standard InChI is InChI=1S/C29H35N4/c1-32-24(28(16-5-3-6-17-28)22-12-10-20-30-26(22)32)14-9-15-25-29(18-7-4-8-19-29)23-13-11-21-31-27(23)33(25)2/h9-15,20-21H,3-8,16-19H2,1-2H3/q+1. The summed E-state index contributed by atoms with van der Waals surface area (Å²) in [6, 6.07) is 8.85. The highest BCUT2D eigenvalue weighted by molar-refractivity contribution is 6.03. The van der Waals surface area contributed by atoms with E-state index in [0.29, 0.717) is 0 Å². The van der Waals surface area contributed by atoms with Crippen LogP contribution >= 0.6 is 0 Å². The first-order chi connectivity index (χ1) is 16.2. The Labute approximate surface area is 197 Å². The quantitative estimate of drug-likeness (QED) is 0.522. The van der Waals surface area contributed by atoms with Gasteiger partial charge in [-0.1, -0.05) is 50.7 Å². The third-order valence-corrected chi connectivity index (χ3v) is 8.87. The molecule has 2 spiro atoms. The molecule has 0 unspecified atom stereocenters. The van der Waals surface area contributed by atoms with Gasteiger partial charge in [-0.2, -0.15) is 0 Å². The van der Waals surface area contributed by atoms with Gasteiger partial charge in [0, 0.05) is 29.9 Å². The van der Waals surface area contributed by atoms with E-state index < -0.39 is 0 Å². The molecule has 170 valence electrons. The Morgan fingerprint density at radius 2 is 1.48 bits per heavy atom. The lowest BCUT2D eigenvalue weighted by molar-refractivity contribution is -0.406. The van der Waals surface area contributed by atoms with E-state index in [2.05, 4.69) is 66.1 Å². The van der Waals surface area contributed by atoms with Crippen molar-refractivity contribution in [2.75, 3.05) is 19.0 Å². The Kier molecular flexibility index (Phi) is 5.01. The van der Waals surface area contributed by atoms with Gasteiger partial charge in [0.25, 0.3) is 0 Å². The molecule has 4 aliphatic rings. The van der Waals surface area contributed by atoms with Gasteiger partial charge in [0.15, 0.2) is 0 Å². The summed E-state index contributed by atoms with van der Waals surface area (Å²) in [4.78, 5) is 11.9. The van der Waals surface area contributed by atoms with Gasteiger partial charge in [-0.15, -0.1) is 0 Å². The molecule has 2 aromatic rings. The summed E-state index contributed by atoms with van der Waals surface area (Å²) in [6.45, 7) is 0. The average molecular weight is 440 g/mol. The molecule has 0 bridgehead atoms. The van der Waals surface area contributed by atoms with Gasteiger partial charge in [0.05, 0.1) is 18.0 Å². The number of pyridine rings is 2. The first kappa shape index (κ1) is 20.8. The minimum absolute atomic E-state index is 0.125. The van der Waals surface area contributed by atoms with Gasteiger partial charge in [-0.05, 0) is 61.0 Å². The summed E-state index contributed by atoms with van der Waals surface area (Å²) in [7, 11) is 4.40. The number of hydrogen-bond acceptors (Lipinski definition) is 3. The molecule has 0 atom stereocenters. The van der Waals surface area contributed by atoms with Crippen LogP contribution in [0, 0.1) is 0 Å². The number of rotatable bonds is 2. The number of hydrogen-bond donors (Lipinski definition) is 0. The lowest BCUT2D eigenvalue weighted by atomic mass is 9.67. The van der Waals surface area contributed by atoms with Gasteiger partial charge in [0.1, 0.15) is 17.7 Å². The van der Waals surface area contributed by atoms with Gasteiger partial charge in [-0.25, -0.2) is 9.56 Å². The van der Waals surface area contributed by atoms with Crippen LogP contribution in [0.3, 0.4) is 0 Å². The molecule has 0 amide bonds. The SMILES string of the molecule is CN1C(=CC=CC2=[N+](C)c3ncccc3C23CCCCC3)C2(CCCCC2)c2cccnc21. The molecule has 0 N–H and O–H groups in total. The van der Waals surface area contributed by atoms with Crippen molar-refractivity contribution in [2.24, 2.45) is 0 Å². The normalized spacial score (nSPS) is 24.3. The molecular formula is C29H35N4+.